The Balaban J connectivity index is 1.61. The van der Waals surface area contributed by atoms with E-state index in [0.29, 0.717) is 18.3 Å². The van der Waals surface area contributed by atoms with Crippen LogP contribution in [0.15, 0.2) is 60.7 Å². The summed E-state index contributed by atoms with van der Waals surface area (Å²) in [6.07, 6.45) is 1.50. The van der Waals surface area contributed by atoms with Crippen molar-refractivity contribution in [2.45, 2.75) is 31.8 Å². The quantitative estimate of drug-likeness (QED) is 0.705. The van der Waals surface area contributed by atoms with E-state index in [1.54, 1.807) is 4.90 Å². The number of pyridine rings is 1. The van der Waals surface area contributed by atoms with Crippen LogP contribution in [0.4, 0.5) is 5.69 Å². The molecule has 0 saturated heterocycles. The molecule has 0 atom stereocenters. The normalized spacial score (nSPS) is 20.3. The lowest BCUT2D eigenvalue weighted by Gasteiger charge is -2.31. The predicted octanol–water partition coefficient (Wildman–Crippen LogP) is 4.40. The number of fused-ring (bicyclic) bond motifs is 1. The van der Waals surface area contributed by atoms with Gasteiger partial charge >= 0.3 is 0 Å². The molecule has 2 aliphatic rings. The van der Waals surface area contributed by atoms with E-state index in [1.807, 2.05) is 31.2 Å². The van der Waals surface area contributed by atoms with Gasteiger partial charge in [0.25, 0.3) is 5.91 Å². The molecule has 152 valence electrons. The largest absolute Gasteiger partial charge is 0.466 e. The van der Waals surface area contributed by atoms with Crippen LogP contribution >= 0.6 is 0 Å². The smallest absolute Gasteiger partial charge is 0.265 e. The first-order chi connectivity index (χ1) is 14.6. The number of amides is 1. The average molecular weight is 400 g/mol. The Labute approximate surface area is 176 Å². The fraction of sp³-hybridized carbons (Fsp3) is 0.280. The van der Waals surface area contributed by atoms with Crippen LogP contribution in [0.25, 0.3) is 22.4 Å². The second-order valence-electron chi connectivity index (χ2n) is 7.95. The Morgan fingerprint density at radius 3 is 2.47 bits per heavy atom. The second kappa shape index (κ2) is 7.58. The van der Waals surface area contributed by atoms with Crippen molar-refractivity contribution in [3.63, 3.8) is 0 Å². The standard InChI is InChI=1S/C25H24N2O3/c1-2-27-22-14-21(17-6-4-3-5-7-17)24(26-25(22)30-15-23(27)29)18-10-8-16(9-11-18)19-12-20(28)13-19/h3-11,14,19-20,28H,2,12-13,15H2,1H3/t19-,20-. The molecule has 30 heavy (non-hydrogen) atoms. The molecule has 2 heterocycles. The number of aliphatic hydroxyl groups is 1. The number of carbonyl (C=O) groups excluding carboxylic acids is 1. The number of rotatable bonds is 4. The van der Waals surface area contributed by atoms with Crippen molar-refractivity contribution in [3.8, 4) is 28.3 Å². The van der Waals surface area contributed by atoms with Gasteiger partial charge in [-0.1, -0.05) is 54.6 Å². The molecule has 0 radical (unpaired) electrons. The number of carbonyl (C=O) groups is 1. The van der Waals surface area contributed by atoms with Crippen LogP contribution in [0.1, 0.15) is 31.2 Å². The maximum Gasteiger partial charge on any atom is 0.265 e. The van der Waals surface area contributed by atoms with Crippen LogP contribution < -0.4 is 9.64 Å². The van der Waals surface area contributed by atoms with Crippen molar-refractivity contribution in [3.05, 3.63) is 66.2 Å². The number of nitrogens with zero attached hydrogens (tertiary/aromatic N) is 2. The zero-order valence-corrected chi connectivity index (χ0v) is 16.9. The number of hydrogen-bond donors (Lipinski definition) is 1. The molecule has 3 aromatic rings. The van der Waals surface area contributed by atoms with Crippen molar-refractivity contribution >= 4 is 11.6 Å². The molecule has 5 rings (SSSR count). The molecule has 5 heteroatoms. The SMILES string of the molecule is CCN1C(=O)COc2nc(-c3ccc([C@H]4C[C@H](O)C4)cc3)c(-c3ccccc3)cc21. The molecule has 1 aliphatic carbocycles. The summed E-state index contributed by atoms with van der Waals surface area (Å²) in [4.78, 5) is 18.9. The predicted molar refractivity (Wildman–Crippen MR) is 117 cm³/mol. The molecule has 5 nitrogen and oxygen atoms in total. The van der Waals surface area contributed by atoms with Gasteiger partial charge in [-0.25, -0.2) is 4.98 Å². The van der Waals surface area contributed by atoms with Crippen molar-refractivity contribution in [1.29, 1.82) is 0 Å². The van der Waals surface area contributed by atoms with Gasteiger partial charge in [0.05, 0.1) is 11.8 Å². The number of benzene rings is 2. The van der Waals surface area contributed by atoms with Gasteiger partial charge in [-0.15, -0.1) is 0 Å². The first-order valence-electron chi connectivity index (χ1n) is 10.5. The fourth-order valence-electron chi connectivity index (χ4n) is 4.31. The highest BCUT2D eigenvalue weighted by molar-refractivity contribution is 5.99. The summed E-state index contributed by atoms with van der Waals surface area (Å²) in [6, 6.07) is 20.6. The van der Waals surface area contributed by atoms with E-state index in [4.69, 9.17) is 9.72 Å². The van der Waals surface area contributed by atoms with Gasteiger partial charge in [0.1, 0.15) is 5.69 Å². The Kier molecular flexibility index (Phi) is 4.75. The van der Waals surface area contributed by atoms with E-state index < -0.39 is 0 Å². The van der Waals surface area contributed by atoms with Gasteiger partial charge in [0.2, 0.25) is 5.88 Å². The Morgan fingerprint density at radius 2 is 1.80 bits per heavy atom. The molecule has 2 aromatic carbocycles. The number of likely N-dealkylation sites (N-methyl/N-ethyl adjacent to an activating group) is 1. The van der Waals surface area contributed by atoms with Gasteiger partial charge in [-0.3, -0.25) is 4.79 Å². The van der Waals surface area contributed by atoms with Crippen LogP contribution in [0.2, 0.25) is 0 Å². The van der Waals surface area contributed by atoms with Gasteiger partial charge < -0.3 is 14.7 Å². The summed E-state index contributed by atoms with van der Waals surface area (Å²) in [5.74, 6) is 0.884. The van der Waals surface area contributed by atoms with Gasteiger partial charge in [0, 0.05) is 17.7 Å². The summed E-state index contributed by atoms with van der Waals surface area (Å²) in [5.41, 5.74) is 5.83. The summed E-state index contributed by atoms with van der Waals surface area (Å²) in [5, 5.41) is 9.60. The summed E-state index contributed by atoms with van der Waals surface area (Å²) >= 11 is 0. The highest BCUT2D eigenvalue weighted by Gasteiger charge is 2.29. The van der Waals surface area contributed by atoms with Crippen molar-refractivity contribution in [2.75, 3.05) is 18.1 Å². The van der Waals surface area contributed by atoms with E-state index in [-0.39, 0.29) is 18.6 Å². The molecular weight excluding hydrogens is 376 g/mol. The van der Waals surface area contributed by atoms with Crippen molar-refractivity contribution in [2.24, 2.45) is 0 Å². The van der Waals surface area contributed by atoms with E-state index in [2.05, 4.69) is 36.4 Å². The molecule has 1 aromatic heterocycles. The minimum atomic E-state index is -0.164. The minimum absolute atomic E-state index is 0.0148. The first kappa shape index (κ1) is 18.8. The van der Waals surface area contributed by atoms with Crippen LogP contribution in [-0.4, -0.2) is 35.3 Å². The second-order valence-corrected chi connectivity index (χ2v) is 7.95. The van der Waals surface area contributed by atoms with Gasteiger partial charge in [-0.05, 0) is 42.9 Å². The monoisotopic (exact) mass is 400 g/mol. The molecule has 1 N–H and O–H groups in total. The van der Waals surface area contributed by atoms with E-state index in [9.17, 15) is 9.90 Å². The van der Waals surface area contributed by atoms with Crippen molar-refractivity contribution in [1.82, 2.24) is 4.98 Å². The van der Waals surface area contributed by atoms with E-state index in [1.165, 1.54) is 5.56 Å². The summed E-state index contributed by atoms with van der Waals surface area (Å²) in [6.45, 7) is 2.55. The maximum atomic E-state index is 12.3. The van der Waals surface area contributed by atoms with E-state index >= 15 is 0 Å². The highest BCUT2D eigenvalue weighted by atomic mass is 16.5. The third-order valence-electron chi connectivity index (χ3n) is 6.06. The molecular formula is C25H24N2O3. The summed E-state index contributed by atoms with van der Waals surface area (Å²) in [7, 11) is 0. The lowest BCUT2D eigenvalue weighted by atomic mass is 9.77. The molecule has 0 spiro atoms. The van der Waals surface area contributed by atoms with Crippen LogP contribution in [0.3, 0.4) is 0 Å². The van der Waals surface area contributed by atoms with Crippen molar-refractivity contribution < 1.29 is 14.6 Å². The number of anilines is 1. The zero-order chi connectivity index (χ0) is 20.7. The summed E-state index contributed by atoms with van der Waals surface area (Å²) < 4.78 is 5.69. The Hall–Kier alpha value is -3.18. The Morgan fingerprint density at radius 1 is 1.07 bits per heavy atom. The number of hydrogen-bond acceptors (Lipinski definition) is 4. The molecule has 1 amide bonds. The molecule has 0 unspecified atom stereocenters. The number of aliphatic hydroxyl groups excluding tert-OH is 1. The topological polar surface area (TPSA) is 62.7 Å². The number of aromatic nitrogens is 1. The first-order valence-corrected chi connectivity index (χ1v) is 10.5. The molecule has 1 aliphatic heterocycles. The van der Waals surface area contributed by atoms with Gasteiger partial charge in [-0.2, -0.15) is 0 Å². The lowest BCUT2D eigenvalue weighted by Crippen LogP contribution is -2.39. The number of ether oxygens (including phenoxy) is 1. The molecule has 0 bridgehead atoms. The van der Waals surface area contributed by atoms with Crippen LogP contribution in [0.5, 0.6) is 5.88 Å². The zero-order valence-electron chi connectivity index (χ0n) is 16.9. The minimum Gasteiger partial charge on any atom is -0.466 e. The molecule has 1 fully saturated rings. The van der Waals surface area contributed by atoms with E-state index in [0.717, 1.165) is 40.9 Å². The highest BCUT2D eigenvalue weighted by Crippen LogP contribution is 2.41. The fourth-order valence-corrected chi connectivity index (χ4v) is 4.31. The third-order valence-corrected chi connectivity index (χ3v) is 6.06. The van der Waals surface area contributed by atoms with Gasteiger partial charge in [0.15, 0.2) is 6.61 Å². The average Bonchev–Trinajstić information content (AvgIpc) is 2.77. The van der Waals surface area contributed by atoms with Crippen LogP contribution in [0, 0.1) is 0 Å². The third kappa shape index (κ3) is 3.25. The Bertz CT molecular complexity index is 1070. The maximum absolute atomic E-state index is 12.3. The van der Waals surface area contributed by atoms with Crippen LogP contribution in [-0.2, 0) is 4.79 Å². The molecule has 1 saturated carbocycles. The lowest BCUT2D eigenvalue weighted by molar-refractivity contribution is -0.121.